The van der Waals surface area contributed by atoms with Crippen molar-refractivity contribution in [2.75, 3.05) is 17.1 Å². The van der Waals surface area contributed by atoms with Crippen molar-refractivity contribution in [2.45, 2.75) is 33.2 Å². The van der Waals surface area contributed by atoms with E-state index in [0.717, 1.165) is 45.5 Å². The summed E-state index contributed by atoms with van der Waals surface area (Å²) in [6.45, 7) is 5.33. The number of halogens is 2. The van der Waals surface area contributed by atoms with Gasteiger partial charge in [0.05, 0.1) is 18.0 Å². The number of anilines is 1. The van der Waals surface area contributed by atoms with Gasteiger partial charge in [0.2, 0.25) is 15.9 Å². The van der Waals surface area contributed by atoms with Gasteiger partial charge in [-0.15, -0.1) is 0 Å². The first-order valence-corrected chi connectivity index (χ1v) is 10.7. The van der Waals surface area contributed by atoms with Gasteiger partial charge in [-0.2, -0.15) is 0 Å². The quantitative estimate of drug-likeness (QED) is 0.758. The molecule has 28 heavy (non-hydrogen) atoms. The molecule has 152 valence electrons. The molecule has 0 unspecified atom stereocenters. The van der Waals surface area contributed by atoms with Crippen molar-refractivity contribution in [3.05, 3.63) is 64.7 Å². The smallest absolute Gasteiger partial charge is 0.241 e. The Kier molecular flexibility index (Phi) is 6.77. The molecule has 0 fully saturated rings. The highest BCUT2D eigenvalue weighted by Gasteiger charge is 2.23. The average molecular weight is 410 g/mol. The van der Waals surface area contributed by atoms with E-state index in [9.17, 15) is 22.0 Å². The van der Waals surface area contributed by atoms with Crippen molar-refractivity contribution in [3.63, 3.8) is 0 Å². The maximum Gasteiger partial charge on any atom is 0.241 e. The van der Waals surface area contributed by atoms with E-state index < -0.39 is 34.1 Å². The summed E-state index contributed by atoms with van der Waals surface area (Å²) in [6.07, 6.45) is 1.51. The van der Waals surface area contributed by atoms with Gasteiger partial charge < -0.3 is 5.32 Å². The van der Waals surface area contributed by atoms with Crippen LogP contribution < -0.4 is 9.62 Å². The zero-order valence-electron chi connectivity index (χ0n) is 16.3. The van der Waals surface area contributed by atoms with Gasteiger partial charge in [0, 0.05) is 6.07 Å². The predicted octanol–water partition coefficient (Wildman–Crippen LogP) is 3.62. The maximum absolute atomic E-state index is 13.5. The van der Waals surface area contributed by atoms with Gasteiger partial charge >= 0.3 is 0 Å². The number of rotatable bonds is 7. The molecule has 1 amide bonds. The van der Waals surface area contributed by atoms with Crippen LogP contribution in [0.2, 0.25) is 0 Å². The number of hydrogen-bond acceptors (Lipinski definition) is 3. The molecule has 0 saturated heterocycles. The SMILES string of the molecule is CC[C@@H](NC(=O)CN(c1ccc(F)c(F)c1)S(C)(=O)=O)c1ccc(C)c(C)c1. The molecule has 0 saturated carbocycles. The van der Waals surface area contributed by atoms with Crippen LogP contribution in [0.1, 0.15) is 36.1 Å². The van der Waals surface area contributed by atoms with Crippen molar-refractivity contribution < 1.29 is 22.0 Å². The van der Waals surface area contributed by atoms with E-state index in [1.807, 2.05) is 39.0 Å². The van der Waals surface area contributed by atoms with Gasteiger partial charge in [-0.3, -0.25) is 9.10 Å². The van der Waals surface area contributed by atoms with E-state index >= 15 is 0 Å². The monoisotopic (exact) mass is 410 g/mol. The Balaban J connectivity index is 2.22. The second kappa shape index (κ2) is 8.68. The molecule has 2 aromatic rings. The third-order valence-corrected chi connectivity index (χ3v) is 5.70. The molecule has 0 heterocycles. The Morgan fingerprint density at radius 1 is 1.07 bits per heavy atom. The normalized spacial score (nSPS) is 12.5. The summed E-state index contributed by atoms with van der Waals surface area (Å²) in [5.74, 6) is -2.82. The lowest BCUT2D eigenvalue weighted by Crippen LogP contribution is -2.41. The van der Waals surface area contributed by atoms with E-state index in [4.69, 9.17) is 0 Å². The highest BCUT2D eigenvalue weighted by molar-refractivity contribution is 7.92. The summed E-state index contributed by atoms with van der Waals surface area (Å²) < 4.78 is 51.6. The predicted molar refractivity (Wildman–Crippen MR) is 106 cm³/mol. The number of nitrogens with zero attached hydrogens (tertiary/aromatic N) is 1. The molecular weight excluding hydrogens is 386 g/mol. The lowest BCUT2D eigenvalue weighted by molar-refractivity contribution is -0.120. The number of aryl methyl sites for hydroxylation is 2. The summed E-state index contributed by atoms with van der Waals surface area (Å²) in [6, 6.07) is 8.26. The molecule has 0 radical (unpaired) electrons. The van der Waals surface area contributed by atoms with Crippen molar-refractivity contribution in [3.8, 4) is 0 Å². The van der Waals surface area contributed by atoms with Gasteiger partial charge in [-0.1, -0.05) is 25.1 Å². The van der Waals surface area contributed by atoms with Crippen LogP contribution in [-0.2, 0) is 14.8 Å². The van der Waals surface area contributed by atoms with Crippen LogP contribution in [0.15, 0.2) is 36.4 Å². The molecule has 1 atom stereocenters. The molecular formula is C20H24F2N2O3S. The summed E-state index contributed by atoms with van der Waals surface area (Å²) in [5, 5.41) is 2.82. The second-order valence-electron chi connectivity index (χ2n) is 6.74. The zero-order chi connectivity index (χ0) is 21.1. The highest BCUT2D eigenvalue weighted by Crippen LogP contribution is 2.22. The fourth-order valence-electron chi connectivity index (χ4n) is 2.81. The molecule has 0 aliphatic heterocycles. The number of amides is 1. The van der Waals surface area contributed by atoms with E-state index in [0.29, 0.717) is 6.42 Å². The summed E-state index contributed by atoms with van der Waals surface area (Å²) >= 11 is 0. The van der Waals surface area contributed by atoms with Crippen molar-refractivity contribution in [2.24, 2.45) is 0 Å². The molecule has 5 nitrogen and oxygen atoms in total. The number of sulfonamides is 1. The Labute approximate surface area is 164 Å². The lowest BCUT2D eigenvalue weighted by atomic mass is 9.99. The topological polar surface area (TPSA) is 66.5 Å². The molecule has 0 aromatic heterocycles. The molecule has 2 aromatic carbocycles. The van der Waals surface area contributed by atoms with Crippen molar-refractivity contribution in [1.82, 2.24) is 5.32 Å². The van der Waals surface area contributed by atoms with Crippen LogP contribution in [-0.4, -0.2) is 27.1 Å². The van der Waals surface area contributed by atoms with Gasteiger partial charge in [0.25, 0.3) is 0 Å². The maximum atomic E-state index is 13.5. The van der Waals surface area contributed by atoms with Crippen LogP contribution in [0.3, 0.4) is 0 Å². The Hall–Kier alpha value is -2.48. The third kappa shape index (κ3) is 5.28. The van der Waals surface area contributed by atoms with E-state index in [1.54, 1.807) is 0 Å². The summed E-state index contributed by atoms with van der Waals surface area (Å²) in [7, 11) is -3.88. The van der Waals surface area contributed by atoms with Crippen molar-refractivity contribution >= 4 is 21.6 Å². The molecule has 2 rings (SSSR count). The van der Waals surface area contributed by atoms with Crippen LogP contribution in [0.4, 0.5) is 14.5 Å². The molecule has 1 N–H and O–H groups in total. The Morgan fingerprint density at radius 2 is 1.75 bits per heavy atom. The fourth-order valence-corrected chi connectivity index (χ4v) is 3.66. The molecule has 0 spiro atoms. The molecule has 8 heteroatoms. The molecule has 0 bridgehead atoms. The minimum Gasteiger partial charge on any atom is -0.348 e. The Bertz CT molecular complexity index is 977. The van der Waals surface area contributed by atoms with E-state index in [-0.39, 0.29) is 11.7 Å². The second-order valence-corrected chi connectivity index (χ2v) is 8.65. The van der Waals surface area contributed by atoms with Crippen LogP contribution in [0, 0.1) is 25.5 Å². The van der Waals surface area contributed by atoms with Gasteiger partial charge in [0.15, 0.2) is 11.6 Å². The van der Waals surface area contributed by atoms with Crippen molar-refractivity contribution in [1.29, 1.82) is 0 Å². The lowest BCUT2D eigenvalue weighted by Gasteiger charge is -2.24. The summed E-state index contributed by atoms with van der Waals surface area (Å²) in [4.78, 5) is 12.5. The fraction of sp³-hybridized carbons (Fsp3) is 0.350. The van der Waals surface area contributed by atoms with Crippen LogP contribution in [0.5, 0.6) is 0 Å². The standard InChI is InChI=1S/C20H24F2N2O3S/c1-5-19(15-7-6-13(2)14(3)10-15)23-20(25)12-24(28(4,26)27)16-8-9-17(21)18(22)11-16/h6-11,19H,5,12H2,1-4H3,(H,23,25)/t19-/m1/s1. The third-order valence-electron chi connectivity index (χ3n) is 4.56. The molecule has 0 aliphatic carbocycles. The first-order valence-electron chi connectivity index (χ1n) is 8.82. The summed E-state index contributed by atoms with van der Waals surface area (Å²) in [5.41, 5.74) is 3.02. The minimum atomic E-state index is -3.88. The zero-order valence-corrected chi connectivity index (χ0v) is 17.1. The van der Waals surface area contributed by atoms with Gasteiger partial charge in [-0.05, 0) is 49.1 Å². The molecule has 0 aliphatic rings. The largest absolute Gasteiger partial charge is 0.348 e. The first kappa shape index (κ1) is 21.8. The number of benzene rings is 2. The minimum absolute atomic E-state index is 0.115. The highest BCUT2D eigenvalue weighted by atomic mass is 32.2. The number of hydrogen-bond donors (Lipinski definition) is 1. The number of carbonyl (C=O) groups is 1. The van der Waals surface area contributed by atoms with Crippen LogP contribution >= 0.6 is 0 Å². The first-order chi connectivity index (χ1) is 13.0. The van der Waals surface area contributed by atoms with E-state index in [1.165, 1.54) is 0 Å². The van der Waals surface area contributed by atoms with Gasteiger partial charge in [-0.25, -0.2) is 17.2 Å². The average Bonchev–Trinajstić information content (AvgIpc) is 2.61. The van der Waals surface area contributed by atoms with Gasteiger partial charge in [0.1, 0.15) is 6.54 Å². The van der Waals surface area contributed by atoms with Crippen LogP contribution in [0.25, 0.3) is 0 Å². The number of nitrogens with one attached hydrogen (secondary N) is 1. The Morgan fingerprint density at radius 3 is 2.29 bits per heavy atom. The number of carbonyl (C=O) groups excluding carboxylic acids is 1. The van der Waals surface area contributed by atoms with E-state index in [2.05, 4.69) is 5.32 Å².